The molecule has 0 aromatic carbocycles. The van der Waals surface area contributed by atoms with Crippen molar-refractivity contribution in [3.63, 3.8) is 0 Å². The smallest absolute Gasteiger partial charge is 0.155 e. The van der Waals surface area contributed by atoms with E-state index in [0.29, 0.717) is 11.2 Å². The maximum atomic E-state index is 11.3. The van der Waals surface area contributed by atoms with Crippen molar-refractivity contribution in [1.82, 2.24) is 0 Å². The quantitative estimate of drug-likeness (QED) is 0.646. The molecule has 2 heteroatoms. The molecule has 0 heterocycles. The molecule has 1 atom stereocenters. The molecule has 0 bridgehead atoms. The van der Waals surface area contributed by atoms with Gasteiger partial charge in [-0.15, -0.1) is 0 Å². The molecular weight excluding hydrogens is 228 g/mol. The summed E-state index contributed by atoms with van der Waals surface area (Å²) in [7, 11) is 0. The second kappa shape index (κ2) is 3.56. The predicted octanol–water partition coefficient (Wildman–Crippen LogP) is 3.23. The molecule has 0 spiro atoms. The van der Waals surface area contributed by atoms with Crippen LogP contribution in [0.25, 0.3) is 0 Å². The molecule has 0 aromatic heterocycles. The zero-order valence-corrected chi connectivity index (χ0v) is 9.40. The highest BCUT2D eigenvalue weighted by atomic mass is 79.9. The van der Waals surface area contributed by atoms with Crippen molar-refractivity contribution in [3.8, 4) is 0 Å². The third kappa shape index (κ3) is 1.61. The Balaban J connectivity index is 2.30. The van der Waals surface area contributed by atoms with Crippen LogP contribution in [-0.4, -0.2) is 11.1 Å². The fourth-order valence-electron chi connectivity index (χ4n) is 2.56. The Morgan fingerprint density at radius 1 is 1.31 bits per heavy atom. The summed E-state index contributed by atoms with van der Waals surface area (Å²) in [6.07, 6.45) is 8.78. The Morgan fingerprint density at radius 2 is 2.15 bits per heavy atom. The Bertz CT molecular complexity index is 257. The molecule has 0 aliphatic heterocycles. The van der Waals surface area contributed by atoms with E-state index in [9.17, 15) is 4.79 Å². The maximum Gasteiger partial charge on any atom is 0.155 e. The van der Waals surface area contributed by atoms with Crippen LogP contribution in [0.3, 0.4) is 0 Å². The molecule has 2 aliphatic carbocycles. The highest BCUT2D eigenvalue weighted by Crippen LogP contribution is 2.47. The summed E-state index contributed by atoms with van der Waals surface area (Å²) in [5.74, 6) is 0.341. The average molecular weight is 243 g/mol. The molecule has 1 fully saturated rings. The van der Waals surface area contributed by atoms with Gasteiger partial charge in [-0.1, -0.05) is 27.9 Å². The largest absolute Gasteiger partial charge is 0.295 e. The van der Waals surface area contributed by atoms with Crippen LogP contribution in [0.1, 0.15) is 38.5 Å². The molecule has 1 unspecified atom stereocenters. The number of carbonyl (C=O) groups excluding carboxylic acids is 1. The van der Waals surface area contributed by atoms with Crippen molar-refractivity contribution in [2.24, 2.45) is 5.41 Å². The number of alkyl halides is 1. The van der Waals surface area contributed by atoms with Gasteiger partial charge in [-0.25, -0.2) is 0 Å². The molecule has 2 aliphatic rings. The zero-order chi connectivity index (χ0) is 9.31. The first-order chi connectivity index (χ1) is 6.27. The lowest BCUT2D eigenvalue weighted by Crippen LogP contribution is -2.32. The monoisotopic (exact) mass is 242 g/mol. The second-order valence-corrected chi connectivity index (χ2v) is 4.82. The first kappa shape index (κ1) is 9.45. The number of rotatable bonds is 1. The topological polar surface area (TPSA) is 17.1 Å². The molecule has 72 valence electrons. The Labute approximate surface area is 87.7 Å². The lowest BCUT2D eigenvalue weighted by Gasteiger charge is -2.40. The van der Waals surface area contributed by atoms with Gasteiger partial charge in [-0.05, 0) is 31.8 Å². The first-order valence-electron chi connectivity index (χ1n) is 5.07. The second-order valence-electron chi connectivity index (χ2n) is 4.26. The Morgan fingerprint density at radius 3 is 2.92 bits per heavy atom. The molecule has 2 rings (SSSR count). The van der Waals surface area contributed by atoms with E-state index >= 15 is 0 Å². The van der Waals surface area contributed by atoms with Crippen molar-refractivity contribution in [2.75, 3.05) is 5.33 Å². The number of allylic oxidation sites excluding steroid dienone is 2. The fraction of sp³-hybridized carbons (Fsp3) is 0.727. The summed E-state index contributed by atoms with van der Waals surface area (Å²) < 4.78 is 0. The van der Waals surface area contributed by atoms with Crippen LogP contribution in [0.15, 0.2) is 11.6 Å². The van der Waals surface area contributed by atoms with Crippen LogP contribution in [-0.2, 0) is 4.79 Å². The van der Waals surface area contributed by atoms with Crippen molar-refractivity contribution in [2.45, 2.75) is 38.5 Å². The number of fused-ring (bicyclic) bond motifs is 1. The van der Waals surface area contributed by atoms with E-state index in [1.807, 2.05) is 6.08 Å². The number of hydrogen-bond acceptors (Lipinski definition) is 1. The summed E-state index contributed by atoms with van der Waals surface area (Å²) in [4.78, 5) is 11.3. The highest BCUT2D eigenvalue weighted by Gasteiger charge is 2.37. The van der Waals surface area contributed by atoms with Crippen molar-refractivity contribution >= 4 is 21.7 Å². The number of carbonyl (C=O) groups is 1. The molecular formula is C11H15BrO. The lowest BCUT2D eigenvalue weighted by atomic mass is 9.66. The van der Waals surface area contributed by atoms with Gasteiger partial charge in [0.15, 0.2) is 5.78 Å². The normalized spacial score (nSPS) is 33.9. The number of halogens is 1. The van der Waals surface area contributed by atoms with Crippen LogP contribution in [0.2, 0.25) is 0 Å². The summed E-state index contributed by atoms with van der Waals surface area (Å²) in [5, 5.41) is 1.04. The molecule has 13 heavy (non-hydrogen) atoms. The van der Waals surface area contributed by atoms with E-state index in [-0.39, 0.29) is 0 Å². The molecule has 0 N–H and O–H groups in total. The predicted molar refractivity (Wildman–Crippen MR) is 57.0 cm³/mol. The van der Waals surface area contributed by atoms with Crippen LogP contribution >= 0.6 is 15.9 Å². The number of hydrogen-bond donors (Lipinski definition) is 0. The SMILES string of the molecule is O=C1C=C2CCCCC2(CBr)CC1. The molecule has 1 saturated carbocycles. The van der Waals surface area contributed by atoms with E-state index < -0.39 is 0 Å². The van der Waals surface area contributed by atoms with E-state index in [0.717, 1.165) is 24.6 Å². The molecule has 1 nitrogen and oxygen atoms in total. The molecule has 0 radical (unpaired) electrons. The minimum atomic E-state index is 0.341. The third-order valence-electron chi connectivity index (χ3n) is 3.47. The summed E-state index contributed by atoms with van der Waals surface area (Å²) in [5.41, 5.74) is 1.78. The van der Waals surface area contributed by atoms with Gasteiger partial charge >= 0.3 is 0 Å². The minimum absolute atomic E-state index is 0.341. The van der Waals surface area contributed by atoms with E-state index in [4.69, 9.17) is 0 Å². The van der Waals surface area contributed by atoms with Crippen molar-refractivity contribution < 1.29 is 4.79 Å². The van der Waals surface area contributed by atoms with Crippen molar-refractivity contribution in [1.29, 1.82) is 0 Å². The molecule has 0 saturated heterocycles. The number of ketones is 1. The van der Waals surface area contributed by atoms with Gasteiger partial charge in [0.2, 0.25) is 0 Å². The van der Waals surface area contributed by atoms with Crippen LogP contribution < -0.4 is 0 Å². The van der Waals surface area contributed by atoms with Gasteiger partial charge in [-0.2, -0.15) is 0 Å². The van der Waals surface area contributed by atoms with Crippen molar-refractivity contribution in [3.05, 3.63) is 11.6 Å². The summed E-state index contributed by atoms with van der Waals surface area (Å²) in [6.45, 7) is 0. The summed E-state index contributed by atoms with van der Waals surface area (Å²) >= 11 is 3.61. The van der Waals surface area contributed by atoms with Crippen LogP contribution in [0, 0.1) is 5.41 Å². The standard InChI is InChI=1S/C11H15BrO/c12-8-11-5-2-1-3-9(11)7-10(13)4-6-11/h7H,1-6,8H2. The molecule has 0 amide bonds. The molecule has 0 aromatic rings. The Hall–Kier alpha value is -0.110. The van der Waals surface area contributed by atoms with Crippen LogP contribution in [0.4, 0.5) is 0 Å². The van der Waals surface area contributed by atoms with E-state index in [2.05, 4.69) is 15.9 Å². The fourth-order valence-corrected chi connectivity index (χ4v) is 3.48. The average Bonchev–Trinajstić information content (AvgIpc) is 2.18. The Kier molecular flexibility index (Phi) is 2.59. The first-order valence-corrected chi connectivity index (χ1v) is 6.19. The van der Waals surface area contributed by atoms with E-state index in [1.165, 1.54) is 24.8 Å². The van der Waals surface area contributed by atoms with Gasteiger partial charge in [0.05, 0.1) is 0 Å². The lowest BCUT2D eigenvalue weighted by molar-refractivity contribution is -0.115. The van der Waals surface area contributed by atoms with Gasteiger partial charge in [-0.3, -0.25) is 4.79 Å². The zero-order valence-electron chi connectivity index (χ0n) is 7.81. The van der Waals surface area contributed by atoms with Gasteiger partial charge < -0.3 is 0 Å². The van der Waals surface area contributed by atoms with Gasteiger partial charge in [0.25, 0.3) is 0 Å². The third-order valence-corrected chi connectivity index (χ3v) is 4.55. The summed E-state index contributed by atoms with van der Waals surface area (Å²) in [6, 6.07) is 0. The highest BCUT2D eigenvalue weighted by molar-refractivity contribution is 9.09. The van der Waals surface area contributed by atoms with Gasteiger partial charge in [0.1, 0.15) is 0 Å². The maximum absolute atomic E-state index is 11.3. The van der Waals surface area contributed by atoms with E-state index in [1.54, 1.807) is 0 Å². The van der Waals surface area contributed by atoms with Gasteiger partial charge in [0, 0.05) is 17.2 Å². The van der Waals surface area contributed by atoms with Crippen LogP contribution in [0.5, 0.6) is 0 Å². The minimum Gasteiger partial charge on any atom is -0.295 e.